The van der Waals surface area contributed by atoms with Crippen LogP contribution in [0.5, 0.6) is 0 Å². The molecule has 166 valence electrons. The third-order valence-electron chi connectivity index (χ3n) is 3.91. The van der Waals surface area contributed by atoms with Gasteiger partial charge >= 0.3 is 6.09 Å². The van der Waals surface area contributed by atoms with Crippen molar-refractivity contribution in [2.45, 2.75) is 37.8 Å². The van der Waals surface area contributed by atoms with E-state index in [1.807, 2.05) is 0 Å². The first-order valence-electron chi connectivity index (χ1n) is 9.36. The lowest BCUT2D eigenvalue weighted by molar-refractivity contribution is 0.0406. The zero-order chi connectivity index (χ0) is 23.4. The average Bonchev–Trinajstić information content (AvgIpc) is 3.20. The Hall–Kier alpha value is -3.92. The highest BCUT2D eigenvalue weighted by Gasteiger charge is 2.33. The topological polar surface area (TPSA) is 157 Å². The van der Waals surface area contributed by atoms with Gasteiger partial charge in [-0.15, -0.1) is 10.2 Å². The molecule has 0 spiro atoms. The molecule has 0 aliphatic heterocycles. The third kappa shape index (κ3) is 5.41. The van der Waals surface area contributed by atoms with Crippen molar-refractivity contribution < 1.29 is 17.9 Å². The number of carbonyl (C=O) groups is 1. The van der Waals surface area contributed by atoms with Gasteiger partial charge in [0.05, 0.1) is 16.7 Å². The Morgan fingerprint density at radius 3 is 2.53 bits per heavy atom. The second kappa shape index (κ2) is 9.06. The first-order valence-corrected chi connectivity index (χ1v) is 10.8. The lowest BCUT2D eigenvalue weighted by Gasteiger charge is -2.25. The Labute approximate surface area is 184 Å². The van der Waals surface area contributed by atoms with Crippen molar-refractivity contribution in [3.63, 3.8) is 0 Å². The number of rotatable bonds is 6. The van der Waals surface area contributed by atoms with Crippen LogP contribution in [-0.4, -0.2) is 61.1 Å². The molecule has 0 N–H and O–H groups in total. The summed E-state index contributed by atoms with van der Waals surface area (Å²) in [5.41, 5.74) is 0.292. The largest absolute Gasteiger partial charge is 0.443 e. The van der Waals surface area contributed by atoms with Crippen LogP contribution in [0.4, 0.5) is 4.79 Å². The lowest BCUT2D eigenvalue weighted by atomic mass is 10.2. The first kappa shape index (κ1) is 22.8. The average molecular weight is 456 g/mol. The van der Waals surface area contributed by atoms with Gasteiger partial charge in [0.1, 0.15) is 25.0 Å². The molecule has 0 saturated heterocycles. The highest BCUT2D eigenvalue weighted by Crippen LogP contribution is 2.22. The van der Waals surface area contributed by atoms with Crippen molar-refractivity contribution >= 4 is 16.1 Å². The number of amides is 1. The number of hydrogen-bond donors (Lipinski definition) is 0. The van der Waals surface area contributed by atoms with Gasteiger partial charge in [0, 0.05) is 11.8 Å². The highest BCUT2D eigenvalue weighted by atomic mass is 32.2. The maximum atomic E-state index is 12.9. The molecule has 0 unspecified atom stereocenters. The predicted octanol–water partition coefficient (Wildman–Crippen LogP) is 1.63. The van der Waals surface area contributed by atoms with Crippen LogP contribution >= 0.6 is 0 Å². The Bertz CT molecular complexity index is 1230. The second-order valence-corrected chi connectivity index (χ2v) is 9.38. The lowest BCUT2D eigenvalue weighted by Crippen LogP contribution is -2.41. The van der Waals surface area contributed by atoms with Gasteiger partial charge in [0.2, 0.25) is 5.82 Å². The van der Waals surface area contributed by atoms with Gasteiger partial charge in [-0.25, -0.2) is 23.2 Å². The molecule has 0 radical (unpaired) electrons. The Kier molecular flexibility index (Phi) is 6.45. The number of ether oxygens (including phenoxy) is 1. The quantitative estimate of drug-likeness (QED) is 0.499. The fourth-order valence-electron chi connectivity index (χ4n) is 2.51. The van der Waals surface area contributed by atoms with Crippen molar-refractivity contribution in [3.05, 3.63) is 48.5 Å². The molecule has 1 amide bonds. The van der Waals surface area contributed by atoms with Gasteiger partial charge in [-0.3, -0.25) is 0 Å². The molecular formula is C19H20N8O4S. The molecule has 0 aliphatic rings. The van der Waals surface area contributed by atoms with E-state index in [4.69, 9.17) is 10.00 Å². The van der Waals surface area contributed by atoms with Crippen molar-refractivity contribution in [1.82, 2.24) is 34.5 Å². The number of tetrazole rings is 1. The zero-order valence-corrected chi connectivity index (χ0v) is 18.4. The predicted molar refractivity (Wildman–Crippen MR) is 110 cm³/mol. The van der Waals surface area contributed by atoms with E-state index in [1.165, 1.54) is 35.4 Å². The number of hydrogen-bond acceptors (Lipinski definition) is 10. The molecular weight excluding hydrogens is 436 g/mol. The molecule has 2 aromatic heterocycles. The second-order valence-electron chi connectivity index (χ2n) is 7.52. The molecule has 3 aromatic rings. The smallest absolute Gasteiger partial charge is 0.425 e. The van der Waals surface area contributed by atoms with Crippen LogP contribution in [0, 0.1) is 11.3 Å². The van der Waals surface area contributed by atoms with Gasteiger partial charge in [-0.2, -0.15) is 14.4 Å². The highest BCUT2D eigenvalue weighted by molar-refractivity contribution is 7.89. The SMILES string of the molecule is CC(C)(C)OC(=O)N(CC#N)S(=O)(=O)c1ccc(-c2nnn(Cc3ccncn3)n2)cc1. The Balaban J connectivity index is 1.81. The Morgan fingerprint density at radius 1 is 1.22 bits per heavy atom. The standard InChI is InChI=1S/C19H20N8O4S/c1-19(2,3)31-18(28)26(11-9-20)32(29,30)16-6-4-14(5-7-16)17-23-25-27(24-17)12-15-8-10-21-13-22-15/h4-8,10,13H,11-12H2,1-3H3. The van der Waals surface area contributed by atoms with Crippen molar-refractivity contribution in [2.24, 2.45) is 0 Å². The summed E-state index contributed by atoms with van der Waals surface area (Å²) in [6, 6.07) is 8.96. The van der Waals surface area contributed by atoms with E-state index in [0.29, 0.717) is 22.1 Å². The molecule has 13 heteroatoms. The van der Waals surface area contributed by atoms with E-state index < -0.39 is 28.3 Å². The number of nitrogens with zero attached hydrogens (tertiary/aromatic N) is 8. The Morgan fingerprint density at radius 2 is 1.94 bits per heavy atom. The number of sulfonamides is 1. The monoisotopic (exact) mass is 456 g/mol. The third-order valence-corrected chi connectivity index (χ3v) is 5.64. The zero-order valence-electron chi connectivity index (χ0n) is 17.6. The normalized spacial score (nSPS) is 11.6. The number of benzene rings is 1. The minimum absolute atomic E-state index is 0.185. The summed E-state index contributed by atoms with van der Waals surface area (Å²) < 4.78 is 31.4. The van der Waals surface area contributed by atoms with E-state index in [2.05, 4.69) is 25.4 Å². The number of carbonyl (C=O) groups excluding carboxylic acids is 1. The molecule has 0 saturated carbocycles. The molecule has 0 aliphatic carbocycles. The molecule has 12 nitrogen and oxygen atoms in total. The maximum absolute atomic E-state index is 12.9. The summed E-state index contributed by atoms with van der Waals surface area (Å²) in [4.78, 5) is 21.4. The van der Waals surface area contributed by atoms with E-state index in [-0.39, 0.29) is 10.7 Å². The van der Waals surface area contributed by atoms with Crippen LogP contribution in [-0.2, 0) is 21.3 Å². The maximum Gasteiger partial charge on any atom is 0.425 e. The van der Waals surface area contributed by atoms with Crippen molar-refractivity contribution in [2.75, 3.05) is 6.54 Å². The fourth-order valence-corrected chi connectivity index (χ4v) is 3.71. The van der Waals surface area contributed by atoms with E-state index in [0.717, 1.165) is 0 Å². The van der Waals surface area contributed by atoms with E-state index in [9.17, 15) is 13.2 Å². The van der Waals surface area contributed by atoms with Gasteiger partial charge < -0.3 is 4.74 Å². The fraction of sp³-hybridized carbons (Fsp3) is 0.316. The van der Waals surface area contributed by atoms with Gasteiger partial charge in [0.25, 0.3) is 10.0 Å². The molecule has 0 atom stereocenters. The van der Waals surface area contributed by atoms with Crippen molar-refractivity contribution in [1.29, 1.82) is 5.26 Å². The molecule has 2 heterocycles. The summed E-state index contributed by atoms with van der Waals surface area (Å²) in [6.45, 7) is 4.41. The van der Waals surface area contributed by atoms with Crippen LogP contribution in [0.1, 0.15) is 26.5 Å². The molecule has 3 rings (SSSR count). The van der Waals surface area contributed by atoms with Crippen LogP contribution in [0.2, 0.25) is 0 Å². The molecule has 0 fully saturated rings. The van der Waals surface area contributed by atoms with Crippen LogP contribution in [0.15, 0.2) is 47.8 Å². The summed E-state index contributed by atoms with van der Waals surface area (Å²) in [5.74, 6) is 0.282. The van der Waals surface area contributed by atoms with Crippen molar-refractivity contribution in [3.8, 4) is 17.5 Å². The summed E-state index contributed by atoms with van der Waals surface area (Å²) in [6.07, 6.45) is 1.89. The summed E-state index contributed by atoms with van der Waals surface area (Å²) in [5, 5.41) is 21.2. The van der Waals surface area contributed by atoms with E-state index in [1.54, 1.807) is 39.1 Å². The van der Waals surface area contributed by atoms with Gasteiger partial charge in [-0.1, -0.05) is 0 Å². The minimum atomic E-state index is -4.31. The van der Waals surface area contributed by atoms with Crippen LogP contribution in [0.3, 0.4) is 0 Å². The first-order chi connectivity index (χ1) is 15.1. The molecule has 1 aromatic carbocycles. The molecule has 32 heavy (non-hydrogen) atoms. The van der Waals surface area contributed by atoms with Crippen LogP contribution < -0.4 is 0 Å². The van der Waals surface area contributed by atoms with Gasteiger partial charge in [-0.05, 0) is 56.3 Å². The minimum Gasteiger partial charge on any atom is -0.443 e. The van der Waals surface area contributed by atoms with Gasteiger partial charge in [0.15, 0.2) is 0 Å². The number of aromatic nitrogens is 6. The van der Waals surface area contributed by atoms with E-state index >= 15 is 0 Å². The number of nitriles is 1. The summed E-state index contributed by atoms with van der Waals surface area (Å²) in [7, 11) is -4.31. The van der Waals surface area contributed by atoms with Crippen LogP contribution in [0.25, 0.3) is 11.4 Å². The summed E-state index contributed by atoms with van der Waals surface area (Å²) >= 11 is 0. The molecule has 0 bridgehead atoms.